The number of nitrogens with two attached hydrogens (primary N) is 1. The summed E-state index contributed by atoms with van der Waals surface area (Å²) in [7, 11) is 0. The zero-order valence-electron chi connectivity index (χ0n) is 5.56. The van der Waals surface area contributed by atoms with Crippen molar-refractivity contribution in [3.05, 3.63) is 34.2 Å². The fraction of sp³-hybridized carbons (Fsp3) is 0. The van der Waals surface area contributed by atoms with E-state index in [0.717, 1.165) is 0 Å². The van der Waals surface area contributed by atoms with E-state index in [1.807, 2.05) is 0 Å². The Morgan fingerprint density at radius 3 is 2.82 bits per heavy atom. The molecule has 5 heteroatoms. The number of nitro groups is 1. The second-order valence-electron chi connectivity index (χ2n) is 1.79. The maximum Gasteiger partial charge on any atom is 0.433 e. The molecule has 0 aliphatic rings. The normalized spacial score (nSPS) is 10.5. The molecule has 0 aliphatic carbocycles. The van der Waals surface area contributed by atoms with Gasteiger partial charge in [-0.3, -0.25) is 10.1 Å². The first-order valence-corrected chi connectivity index (χ1v) is 2.86. The second kappa shape index (κ2) is 2.87. The summed E-state index contributed by atoms with van der Waals surface area (Å²) in [5, 5.41) is 10.1. The van der Waals surface area contributed by atoms with Gasteiger partial charge in [-0.2, -0.15) is 0 Å². The van der Waals surface area contributed by atoms with Crippen LogP contribution in [0.2, 0.25) is 0 Å². The maximum absolute atomic E-state index is 10.1. The summed E-state index contributed by atoms with van der Waals surface area (Å²) in [4.78, 5) is 9.47. The van der Waals surface area contributed by atoms with Gasteiger partial charge in [0.05, 0.1) is 6.07 Å². The topological polar surface area (TPSA) is 82.3 Å². The van der Waals surface area contributed by atoms with Crippen LogP contribution in [0.1, 0.15) is 5.76 Å². The van der Waals surface area contributed by atoms with E-state index in [1.54, 1.807) is 0 Å². The van der Waals surface area contributed by atoms with Crippen molar-refractivity contribution in [3.8, 4) is 0 Å². The molecule has 58 valence electrons. The standard InChI is InChI=1S/C6H6N2O3/c7-4-3-5-1-2-6(11-5)8(9)10/h1-4H,7H2/b4-3+. The minimum absolute atomic E-state index is 0.280. The molecule has 0 saturated heterocycles. The molecular weight excluding hydrogens is 148 g/mol. The van der Waals surface area contributed by atoms with Gasteiger partial charge in [-0.25, -0.2) is 0 Å². The first-order valence-electron chi connectivity index (χ1n) is 2.86. The van der Waals surface area contributed by atoms with Gasteiger partial charge in [0.15, 0.2) is 0 Å². The maximum atomic E-state index is 10.1. The molecule has 0 unspecified atom stereocenters. The molecule has 0 radical (unpaired) electrons. The van der Waals surface area contributed by atoms with Crippen LogP contribution in [0.25, 0.3) is 6.08 Å². The Hall–Kier alpha value is -1.78. The Morgan fingerprint density at radius 2 is 2.36 bits per heavy atom. The fourth-order valence-corrected chi connectivity index (χ4v) is 0.625. The number of furan rings is 1. The molecule has 0 fully saturated rings. The summed E-state index contributed by atoms with van der Waals surface area (Å²) in [6.07, 6.45) is 2.69. The summed E-state index contributed by atoms with van der Waals surface area (Å²) in [6, 6.07) is 2.75. The van der Waals surface area contributed by atoms with Gasteiger partial charge in [-0.1, -0.05) is 0 Å². The molecule has 0 saturated carbocycles. The van der Waals surface area contributed by atoms with Crippen molar-refractivity contribution in [2.24, 2.45) is 5.73 Å². The van der Waals surface area contributed by atoms with Crippen molar-refractivity contribution < 1.29 is 9.34 Å². The highest BCUT2D eigenvalue weighted by Gasteiger charge is 2.09. The van der Waals surface area contributed by atoms with Gasteiger partial charge in [-0.15, -0.1) is 0 Å². The lowest BCUT2D eigenvalue weighted by Gasteiger charge is -1.81. The summed E-state index contributed by atoms with van der Waals surface area (Å²) < 4.78 is 4.72. The molecule has 0 aromatic carbocycles. The van der Waals surface area contributed by atoms with Crippen molar-refractivity contribution >= 4 is 12.0 Å². The Kier molecular flexibility index (Phi) is 1.91. The van der Waals surface area contributed by atoms with E-state index >= 15 is 0 Å². The van der Waals surface area contributed by atoms with Crippen LogP contribution in [-0.4, -0.2) is 4.92 Å². The summed E-state index contributed by atoms with van der Waals surface area (Å²) in [5.41, 5.74) is 5.04. The van der Waals surface area contributed by atoms with Gasteiger partial charge in [0.2, 0.25) is 0 Å². The van der Waals surface area contributed by atoms with Crippen LogP contribution in [-0.2, 0) is 0 Å². The SMILES string of the molecule is N/C=C/c1ccc([N+](=O)[O-])o1. The highest BCUT2D eigenvalue weighted by Crippen LogP contribution is 2.15. The zero-order chi connectivity index (χ0) is 8.27. The molecular formula is C6H6N2O3. The van der Waals surface area contributed by atoms with Gasteiger partial charge in [-0.05, 0) is 18.3 Å². The van der Waals surface area contributed by atoms with Gasteiger partial charge < -0.3 is 10.2 Å². The van der Waals surface area contributed by atoms with Gasteiger partial charge in [0.25, 0.3) is 0 Å². The van der Waals surface area contributed by atoms with Crippen LogP contribution in [0.4, 0.5) is 5.88 Å². The van der Waals surface area contributed by atoms with Crippen molar-refractivity contribution in [2.45, 2.75) is 0 Å². The first-order chi connectivity index (χ1) is 5.24. The Morgan fingerprint density at radius 1 is 1.64 bits per heavy atom. The van der Waals surface area contributed by atoms with Crippen molar-refractivity contribution in [2.75, 3.05) is 0 Å². The fourth-order valence-electron chi connectivity index (χ4n) is 0.625. The predicted octanol–water partition coefficient (Wildman–Crippen LogP) is 1.12. The molecule has 1 aromatic rings. The number of hydrogen-bond acceptors (Lipinski definition) is 4. The molecule has 1 rings (SSSR count). The smallest absolute Gasteiger partial charge is 0.404 e. The minimum atomic E-state index is -0.603. The minimum Gasteiger partial charge on any atom is -0.404 e. The largest absolute Gasteiger partial charge is 0.433 e. The van der Waals surface area contributed by atoms with E-state index in [4.69, 9.17) is 10.2 Å². The van der Waals surface area contributed by atoms with Crippen LogP contribution >= 0.6 is 0 Å². The molecule has 0 atom stereocenters. The summed E-state index contributed by atoms with van der Waals surface area (Å²) >= 11 is 0. The third kappa shape index (κ3) is 1.57. The molecule has 0 amide bonds. The lowest BCUT2D eigenvalue weighted by molar-refractivity contribution is -0.402. The van der Waals surface area contributed by atoms with Crippen molar-refractivity contribution in [1.29, 1.82) is 0 Å². The van der Waals surface area contributed by atoms with Crippen molar-refractivity contribution in [3.63, 3.8) is 0 Å². The summed E-state index contributed by atoms with van der Waals surface area (Å²) in [5.74, 6) is 0.0947. The Labute approximate surface area is 62.3 Å². The van der Waals surface area contributed by atoms with Crippen LogP contribution in [0.15, 0.2) is 22.7 Å². The van der Waals surface area contributed by atoms with E-state index in [9.17, 15) is 10.1 Å². The van der Waals surface area contributed by atoms with Crippen molar-refractivity contribution in [1.82, 2.24) is 0 Å². The predicted molar refractivity (Wildman–Crippen MR) is 38.6 cm³/mol. The number of rotatable bonds is 2. The number of nitrogens with zero attached hydrogens (tertiary/aromatic N) is 1. The lowest BCUT2D eigenvalue weighted by atomic mass is 10.4. The quantitative estimate of drug-likeness (QED) is 0.511. The molecule has 0 bridgehead atoms. The van der Waals surface area contributed by atoms with Crippen LogP contribution in [0.3, 0.4) is 0 Å². The average Bonchev–Trinajstić information content (AvgIpc) is 2.37. The third-order valence-corrected chi connectivity index (χ3v) is 1.05. The molecule has 11 heavy (non-hydrogen) atoms. The molecule has 1 aromatic heterocycles. The van der Waals surface area contributed by atoms with Crippen LogP contribution in [0, 0.1) is 10.1 Å². The van der Waals surface area contributed by atoms with E-state index in [2.05, 4.69) is 0 Å². The second-order valence-corrected chi connectivity index (χ2v) is 1.79. The molecule has 0 spiro atoms. The van der Waals surface area contributed by atoms with E-state index < -0.39 is 4.92 Å². The van der Waals surface area contributed by atoms with E-state index in [0.29, 0.717) is 5.76 Å². The van der Waals surface area contributed by atoms with Crippen LogP contribution in [0.5, 0.6) is 0 Å². The number of hydrogen-bond donors (Lipinski definition) is 1. The highest BCUT2D eigenvalue weighted by atomic mass is 16.6. The Bertz CT molecular complexity index is 290. The summed E-state index contributed by atoms with van der Waals surface area (Å²) in [6.45, 7) is 0. The molecule has 5 nitrogen and oxygen atoms in total. The van der Waals surface area contributed by atoms with Gasteiger partial charge in [0, 0.05) is 0 Å². The van der Waals surface area contributed by atoms with Crippen LogP contribution < -0.4 is 5.73 Å². The van der Waals surface area contributed by atoms with Gasteiger partial charge in [0.1, 0.15) is 10.7 Å². The molecule has 2 N–H and O–H groups in total. The third-order valence-electron chi connectivity index (χ3n) is 1.05. The molecule has 1 heterocycles. The first kappa shape index (κ1) is 7.33. The highest BCUT2D eigenvalue weighted by molar-refractivity contribution is 5.43. The lowest BCUT2D eigenvalue weighted by Crippen LogP contribution is -1.82. The Balaban J connectivity index is 2.90. The van der Waals surface area contributed by atoms with Gasteiger partial charge >= 0.3 is 5.88 Å². The van der Waals surface area contributed by atoms with E-state index in [1.165, 1.54) is 24.4 Å². The monoisotopic (exact) mass is 154 g/mol. The zero-order valence-corrected chi connectivity index (χ0v) is 5.56. The van der Waals surface area contributed by atoms with E-state index in [-0.39, 0.29) is 5.88 Å². The molecule has 0 aliphatic heterocycles. The average molecular weight is 154 g/mol.